The lowest BCUT2D eigenvalue weighted by atomic mass is 10.3. The quantitative estimate of drug-likeness (QED) is 0.750. The molecule has 1 aliphatic rings. The summed E-state index contributed by atoms with van der Waals surface area (Å²) in [4.78, 5) is 0. The fourth-order valence-electron chi connectivity index (χ4n) is 1.36. The van der Waals surface area contributed by atoms with Crippen molar-refractivity contribution >= 4 is 0 Å². The summed E-state index contributed by atoms with van der Waals surface area (Å²) < 4.78 is 7.26. The highest BCUT2D eigenvalue weighted by Crippen LogP contribution is 2.17. The highest BCUT2D eigenvalue weighted by Gasteiger charge is 2.17. The SMILES string of the molecule is CCCC.Cc1cnn(C2CCOC2)c1. The van der Waals surface area contributed by atoms with Gasteiger partial charge in [0.2, 0.25) is 0 Å². The standard InChI is InChI=1S/C8H12N2O.C4H10/c1-7-4-9-10(5-7)8-2-3-11-6-8;1-3-4-2/h4-5,8H,2-3,6H2,1H3;3-4H2,1-2H3. The zero-order valence-corrected chi connectivity index (χ0v) is 10.1. The van der Waals surface area contributed by atoms with Crippen LogP contribution in [0, 0.1) is 6.92 Å². The molecule has 2 rings (SSSR count). The molecular weight excluding hydrogens is 188 g/mol. The molecule has 0 spiro atoms. The van der Waals surface area contributed by atoms with Crippen molar-refractivity contribution in [3.05, 3.63) is 18.0 Å². The Morgan fingerprint density at radius 3 is 2.60 bits per heavy atom. The average Bonchev–Trinajstić information content (AvgIpc) is 2.88. The zero-order chi connectivity index (χ0) is 11.1. The van der Waals surface area contributed by atoms with Crippen LogP contribution in [0.1, 0.15) is 44.7 Å². The molecule has 86 valence electrons. The van der Waals surface area contributed by atoms with Crippen molar-refractivity contribution < 1.29 is 4.74 Å². The molecule has 1 atom stereocenters. The topological polar surface area (TPSA) is 27.1 Å². The van der Waals surface area contributed by atoms with Crippen LogP contribution in [0.25, 0.3) is 0 Å². The Hall–Kier alpha value is -0.830. The molecule has 1 aliphatic heterocycles. The molecule has 1 aromatic heterocycles. The minimum atomic E-state index is 0.476. The van der Waals surface area contributed by atoms with Crippen LogP contribution in [-0.2, 0) is 4.74 Å². The summed E-state index contributed by atoms with van der Waals surface area (Å²) in [5, 5.41) is 4.23. The van der Waals surface area contributed by atoms with E-state index < -0.39 is 0 Å². The van der Waals surface area contributed by atoms with E-state index >= 15 is 0 Å². The molecule has 3 nitrogen and oxygen atoms in total. The number of aryl methyl sites for hydroxylation is 1. The van der Waals surface area contributed by atoms with Crippen molar-refractivity contribution in [3.63, 3.8) is 0 Å². The fraction of sp³-hybridized carbons (Fsp3) is 0.750. The molecule has 2 heterocycles. The molecule has 1 fully saturated rings. The normalized spacial score (nSPS) is 19.8. The number of unbranched alkanes of at least 4 members (excludes halogenated alkanes) is 1. The maximum atomic E-state index is 5.26. The first-order chi connectivity index (χ1) is 7.27. The highest BCUT2D eigenvalue weighted by molar-refractivity contribution is 5.00. The van der Waals surface area contributed by atoms with E-state index in [4.69, 9.17) is 4.74 Å². The molecule has 0 aromatic carbocycles. The monoisotopic (exact) mass is 210 g/mol. The van der Waals surface area contributed by atoms with Crippen LogP contribution in [0.15, 0.2) is 12.4 Å². The first kappa shape index (κ1) is 12.2. The van der Waals surface area contributed by atoms with Crippen LogP contribution in [0.5, 0.6) is 0 Å². The predicted molar refractivity (Wildman–Crippen MR) is 62.0 cm³/mol. The Balaban J connectivity index is 0.000000245. The van der Waals surface area contributed by atoms with Crippen LogP contribution < -0.4 is 0 Å². The summed E-state index contributed by atoms with van der Waals surface area (Å²) in [5.74, 6) is 0. The van der Waals surface area contributed by atoms with Crippen LogP contribution in [0.2, 0.25) is 0 Å². The van der Waals surface area contributed by atoms with Gasteiger partial charge in [0.25, 0.3) is 0 Å². The van der Waals surface area contributed by atoms with E-state index in [2.05, 4.69) is 32.1 Å². The highest BCUT2D eigenvalue weighted by atomic mass is 16.5. The van der Waals surface area contributed by atoms with Gasteiger partial charge >= 0.3 is 0 Å². The van der Waals surface area contributed by atoms with Crippen LogP contribution in [0.4, 0.5) is 0 Å². The number of aromatic nitrogens is 2. The van der Waals surface area contributed by atoms with Gasteiger partial charge in [-0.05, 0) is 18.9 Å². The lowest BCUT2D eigenvalue weighted by Crippen LogP contribution is -2.08. The van der Waals surface area contributed by atoms with Crippen molar-refractivity contribution in [3.8, 4) is 0 Å². The second-order valence-electron chi connectivity index (χ2n) is 4.02. The van der Waals surface area contributed by atoms with E-state index in [1.807, 2.05) is 10.9 Å². The molecule has 3 heteroatoms. The van der Waals surface area contributed by atoms with Crippen molar-refractivity contribution in [2.24, 2.45) is 0 Å². The van der Waals surface area contributed by atoms with E-state index in [0.717, 1.165) is 19.6 Å². The molecule has 1 aromatic rings. The number of rotatable bonds is 2. The zero-order valence-electron chi connectivity index (χ0n) is 10.1. The Labute approximate surface area is 92.4 Å². The summed E-state index contributed by atoms with van der Waals surface area (Å²) in [6, 6.07) is 0.476. The molecule has 0 amide bonds. The van der Waals surface area contributed by atoms with Crippen LogP contribution in [0.3, 0.4) is 0 Å². The summed E-state index contributed by atoms with van der Waals surface area (Å²) in [5.41, 5.74) is 1.22. The minimum Gasteiger partial charge on any atom is -0.379 e. The lowest BCUT2D eigenvalue weighted by molar-refractivity contribution is 0.184. The Kier molecular flexibility index (Phi) is 5.40. The molecule has 1 saturated heterocycles. The third-order valence-electron chi connectivity index (χ3n) is 2.51. The lowest BCUT2D eigenvalue weighted by Gasteiger charge is -2.06. The van der Waals surface area contributed by atoms with Gasteiger partial charge in [0.1, 0.15) is 0 Å². The Bertz CT molecular complexity index is 262. The average molecular weight is 210 g/mol. The van der Waals surface area contributed by atoms with Crippen molar-refractivity contribution in [1.82, 2.24) is 9.78 Å². The molecule has 0 aliphatic carbocycles. The van der Waals surface area contributed by atoms with Crippen molar-refractivity contribution in [1.29, 1.82) is 0 Å². The van der Waals surface area contributed by atoms with Gasteiger partial charge in [-0.15, -0.1) is 0 Å². The number of hydrogen-bond donors (Lipinski definition) is 0. The molecule has 1 unspecified atom stereocenters. The smallest absolute Gasteiger partial charge is 0.0774 e. The summed E-state index contributed by atoms with van der Waals surface area (Å²) in [7, 11) is 0. The Morgan fingerprint density at radius 2 is 2.20 bits per heavy atom. The minimum absolute atomic E-state index is 0.476. The van der Waals surface area contributed by atoms with E-state index in [1.54, 1.807) is 0 Å². The van der Waals surface area contributed by atoms with Gasteiger partial charge in [-0.1, -0.05) is 26.7 Å². The second kappa shape index (κ2) is 6.62. The fourth-order valence-corrected chi connectivity index (χ4v) is 1.36. The number of hydrogen-bond acceptors (Lipinski definition) is 2. The van der Waals surface area contributed by atoms with Gasteiger partial charge in [0.15, 0.2) is 0 Å². The van der Waals surface area contributed by atoms with Crippen LogP contribution >= 0.6 is 0 Å². The number of ether oxygens (including phenoxy) is 1. The van der Waals surface area contributed by atoms with E-state index in [-0.39, 0.29) is 0 Å². The van der Waals surface area contributed by atoms with E-state index in [0.29, 0.717) is 6.04 Å². The molecule has 0 bridgehead atoms. The first-order valence-corrected chi connectivity index (χ1v) is 5.86. The van der Waals surface area contributed by atoms with Gasteiger partial charge in [-0.2, -0.15) is 5.10 Å². The van der Waals surface area contributed by atoms with Gasteiger partial charge in [-0.3, -0.25) is 4.68 Å². The van der Waals surface area contributed by atoms with Crippen molar-refractivity contribution in [2.75, 3.05) is 13.2 Å². The molecule has 0 N–H and O–H groups in total. The molecule has 0 radical (unpaired) electrons. The van der Waals surface area contributed by atoms with Gasteiger partial charge in [-0.25, -0.2) is 0 Å². The van der Waals surface area contributed by atoms with E-state index in [1.165, 1.54) is 18.4 Å². The van der Waals surface area contributed by atoms with Crippen molar-refractivity contribution in [2.45, 2.75) is 46.1 Å². The maximum Gasteiger partial charge on any atom is 0.0774 e. The summed E-state index contributed by atoms with van der Waals surface area (Å²) in [6.45, 7) is 8.12. The first-order valence-electron chi connectivity index (χ1n) is 5.86. The summed E-state index contributed by atoms with van der Waals surface area (Å²) in [6.07, 6.45) is 7.69. The molecule has 0 saturated carbocycles. The largest absolute Gasteiger partial charge is 0.379 e. The van der Waals surface area contributed by atoms with Gasteiger partial charge in [0.05, 0.1) is 18.8 Å². The predicted octanol–water partition coefficient (Wildman–Crippen LogP) is 2.96. The Morgan fingerprint density at radius 1 is 1.47 bits per heavy atom. The van der Waals surface area contributed by atoms with Gasteiger partial charge < -0.3 is 4.74 Å². The molecular formula is C12H22N2O. The summed E-state index contributed by atoms with van der Waals surface area (Å²) >= 11 is 0. The maximum absolute atomic E-state index is 5.26. The number of nitrogens with zero attached hydrogens (tertiary/aromatic N) is 2. The third kappa shape index (κ3) is 4.04. The third-order valence-corrected chi connectivity index (χ3v) is 2.51. The van der Waals surface area contributed by atoms with Crippen LogP contribution in [-0.4, -0.2) is 23.0 Å². The molecule has 15 heavy (non-hydrogen) atoms. The second-order valence-corrected chi connectivity index (χ2v) is 4.02. The van der Waals surface area contributed by atoms with Gasteiger partial charge in [0, 0.05) is 12.8 Å². The van der Waals surface area contributed by atoms with E-state index in [9.17, 15) is 0 Å².